The van der Waals surface area contributed by atoms with Gasteiger partial charge >= 0.3 is 0 Å². The van der Waals surface area contributed by atoms with Crippen LogP contribution in [0.3, 0.4) is 0 Å². The number of benzene rings is 1. The van der Waals surface area contributed by atoms with Gasteiger partial charge in [-0.1, -0.05) is 30.3 Å². The zero-order valence-corrected chi connectivity index (χ0v) is 12.0. The normalized spacial score (nSPS) is 18.8. The number of nitrogen functional groups attached to an aromatic ring is 1. The molecule has 98 valence electrons. The molecule has 0 aliphatic carbocycles. The van der Waals surface area contributed by atoms with Gasteiger partial charge in [0.2, 0.25) is 5.95 Å². The largest absolute Gasteiger partial charge is 0.383 e. The summed E-state index contributed by atoms with van der Waals surface area (Å²) in [4.78, 5) is 10.9. The molecule has 1 aromatic heterocycles. The summed E-state index contributed by atoms with van der Waals surface area (Å²) >= 11 is 3.36. The SMILES string of the molecule is Nc1cc(Br)nc(N2CCC(c3ccccc3)C2)n1. The summed E-state index contributed by atoms with van der Waals surface area (Å²) in [6.45, 7) is 1.91. The average Bonchev–Trinajstić information content (AvgIpc) is 2.88. The fourth-order valence-electron chi connectivity index (χ4n) is 2.50. The summed E-state index contributed by atoms with van der Waals surface area (Å²) < 4.78 is 0.734. The van der Waals surface area contributed by atoms with Gasteiger partial charge < -0.3 is 10.6 Å². The quantitative estimate of drug-likeness (QED) is 0.865. The van der Waals surface area contributed by atoms with Crippen molar-refractivity contribution < 1.29 is 0 Å². The van der Waals surface area contributed by atoms with Crippen LogP contribution in [0.5, 0.6) is 0 Å². The lowest BCUT2D eigenvalue weighted by molar-refractivity contribution is 0.772. The van der Waals surface area contributed by atoms with Crippen molar-refractivity contribution in [2.45, 2.75) is 12.3 Å². The van der Waals surface area contributed by atoms with Crippen molar-refractivity contribution in [3.8, 4) is 0 Å². The van der Waals surface area contributed by atoms with Crippen molar-refractivity contribution in [1.29, 1.82) is 0 Å². The lowest BCUT2D eigenvalue weighted by Gasteiger charge is -2.17. The summed E-state index contributed by atoms with van der Waals surface area (Å²) in [5, 5.41) is 0. The van der Waals surface area contributed by atoms with Crippen LogP contribution in [-0.4, -0.2) is 23.1 Å². The minimum absolute atomic E-state index is 0.500. The highest BCUT2D eigenvalue weighted by atomic mass is 79.9. The number of hydrogen-bond donors (Lipinski definition) is 1. The van der Waals surface area contributed by atoms with Crippen molar-refractivity contribution in [3.63, 3.8) is 0 Å². The first-order valence-electron chi connectivity index (χ1n) is 6.32. The molecule has 1 aliphatic heterocycles. The molecule has 1 aromatic carbocycles. The molecule has 0 radical (unpaired) electrons. The van der Waals surface area contributed by atoms with Gasteiger partial charge in [0.1, 0.15) is 10.4 Å². The van der Waals surface area contributed by atoms with Crippen LogP contribution in [0.25, 0.3) is 0 Å². The fraction of sp³-hybridized carbons (Fsp3) is 0.286. The Labute approximate surface area is 120 Å². The van der Waals surface area contributed by atoms with Gasteiger partial charge in [0.25, 0.3) is 0 Å². The van der Waals surface area contributed by atoms with Crippen molar-refractivity contribution in [2.75, 3.05) is 23.7 Å². The lowest BCUT2D eigenvalue weighted by Crippen LogP contribution is -2.22. The predicted molar refractivity (Wildman–Crippen MR) is 80.2 cm³/mol. The Morgan fingerprint density at radius 3 is 2.74 bits per heavy atom. The highest BCUT2D eigenvalue weighted by molar-refractivity contribution is 9.10. The van der Waals surface area contributed by atoms with E-state index in [1.54, 1.807) is 6.07 Å². The van der Waals surface area contributed by atoms with Crippen molar-refractivity contribution in [2.24, 2.45) is 0 Å². The number of nitrogens with zero attached hydrogens (tertiary/aromatic N) is 3. The summed E-state index contributed by atoms with van der Waals surface area (Å²) in [5.41, 5.74) is 7.15. The van der Waals surface area contributed by atoms with Gasteiger partial charge in [0.15, 0.2) is 0 Å². The van der Waals surface area contributed by atoms with E-state index in [1.807, 2.05) is 6.07 Å². The average molecular weight is 319 g/mol. The Morgan fingerprint density at radius 2 is 2.00 bits per heavy atom. The molecule has 1 saturated heterocycles. The second-order valence-electron chi connectivity index (χ2n) is 4.76. The first-order valence-corrected chi connectivity index (χ1v) is 7.11. The first kappa shape index (κ1) is 12.4. The Bertz CT molecular complexity index is 553. The molecule has 5 heteroatoms. The van der Waals surface area contributed by atoms with E-state index in [2.05, 4.69) is 55.1 Å². The second-order valence-corrected chi connectivity index (χ2v) is 5.57. The molecule has 0 saturated carbocycles. The van der Waals surface area contributed by atoms with Crippen molar-refractivity contribution in [3.05, 3.63) is 46.6 Å². The summed E-state index contributed by atoms with van der Waals surface area (Å²) in [6.07, 6.45) is 1.12. The van der Waals surface area contributed by atoms with Crippen LogP contribution in [0.4, 0.5) is 11.8 Å². The molecule has 4 nitrogen and oxygen atoms in total. The minimum atomic E-state index is 0.500. The number of anilines is 2. The summed E-state index contributed by atoms with van der Waals surface area (Å²) in [7, 11) is 0. The summed E-state index contributed by atoms with van der Waals surface area (Å²) in [5.74, 6) is 1.76. The first-order chi connectivity index (χ1) is 9.22. The van der Waals surface area contributed by atoms with E-state index in [0.29, 0.717) is 17.7 Å². The highest BCUT2D eigenvalue weighted by Gasteiger charge is 2.25. The van der Waals surface area contributed by atoms with Crippen molar-refractivity contribution >= 4 is 27.7 Å². The van der Waals surface area contributed by atoms with E-state index >= 15 is 0 Å². The van der Waals surface area contributed by atoms with E-state index < -0.39 is 0 Å². The van der Waals surface area contributed by atoms with Crippen LogP contribution >= 0.6 is 15.9 Å². The molecule has 0 amide bonds. The zero-order chi connectivity index (χ0) is 13.2. The molecule has 2 aromatic rings. The summed E-state index contributed by atoms with van der Waals surface area (Å²) in [6, 6.07) is 12.3. The zero-order valence-electron chi connectivity index (χ0n) is 10.5. The topological polar surface area (TPSA) is 55.0 Å². The van der Waals surface area contributed by atoms with Crippen molar-refractivity contribution in [1.82, 2.24) is 9.97 Å². The van der Waals surface area contributed by atoms with Gasteiger partial charge in [-0.2, -0.15) is 4.98 Å². The molecule has 3 rings (SSSR count). The molecule has 19 heavy (non-hydrogen) atoms. The molecule has 1 aliphatic rings. The molecule has 1 fully saturated rings. The molecular formula is C14H15BrN4. The molecule has 2 heterocycles. The maximum absolute atomic E-state index is 5.77. The van der Waals surface area contributed by atoms with E-state index in [4.69, 9.17) is 5.73 Å². The minimum Gasteiger partial charge on any atom is -0.383 e. The van der Waals surface area contributed by atoms with Crippen LogP contribution in [0, 0.1) is 0 Å². The highest BCUT2D eigenvalue weighted by Crippen LogP contribution is 2.29. The van der Waals surface area contributed by atoms with Crippen LogP contribution in [0.15, 0.2) is 41.0 Å². The third kappa shape index (κ3) is 2.71. The van der Waals surface area contributed by atoms with E-state index in [0.717, 1.165) is 24.1 Å². The van der Waals surface area contributed by atoms with Gasteiger partial charge in [-0.05, 0) is 27.9 Å². The maximum atomic E-state index is 5.77. The van der Waals surface area contributed by atoms with Gasteiger partial charge in [0.05, 0.1) is 0 Å². The van der Waals surface area contributed by atoms with Crippen LogP contribution in [0.1, 0.15) is 17.9 Å². The Balaban J connectivity index is 1.79. The Hall–Kier alpha value is -1.62. The van der Waals surface area contributed by atoms with Gasteiger partial charge in [-0.3, -0.25) is 0 Å². The van der Waals surface area contributed by atoms with E-state index in [1.165, 1.54) is 5.56 Å². The smallest absolute Gasteiger partial charge is 0.228 e. The van der Waals surface area contributed by atoms with Crippen LogP contribution in [-0.2, 0) is 0 Å². The third-order valence-electron chi connectivity index (χ3n) is 3.44. The Morgan fingerprint density at radius 1 is 1.21 bits per heavy atom. The fourth-order valence-corrected chi connectivity index (χ4v) is 2.90. The lowest BCUT2D eigenvalue weighted by atomic mass is 9.99. The van der Waals surface area contributed by atoms with E-state index in [-0.39, 0.29) is 0 Å². The van der Waals surface area contributed by atoms with E-state index in [9.17, 15) is 0 Å². The van der Waals surface area contributed by atoms with Gasteiger partial charge in [-0.25, -0.2) is 4.98 Å². The molecule has 1 atom stereocenters. The second kappa shape index (κ2) is 5.17. The molecular weight excluding hydrogens is 304 g/mol. The molecule has 0 bridgehead atoms. The van der Waals surface area contributed by atoms with Gasteiger partial charge in [0, 0.05) is 25.1 Å². The standard InChI is InChI=1S/C14H15BrN4/c15-12-8-13(16)18-14(17-12)19-7-6-11(9-19)10-4-2-1-3-5-10/h1-5,8,11H,6-7,9H2,(H2,16,17,18). The molecule has 2 N–H and O–H groups in total. The monoisotopic (exact) mass is 318 g/mol. The Kier molecular flexibility index (Phi) is 3.38. The molecule has 0 spiro atoms. The number of halogens is 1. The number of aromatic nitrogens is 2. The molecule has 1 unspecified atom stereocenters. The van der Waals surface area contributed by atoms with Crippen LogP contribution < -0.4 is 10.6 Å². The maximum Gasteiger partial charge on any atom is 0.228 e. The van der Waals surface area contributed by atoms with Crippen LogP contribution in [0.2, 0.25) is 0 Å². The third-order valence-corrected chi connectivity index (χ3v) is 3.85. The van der Waals surface area contributed by atoms with Gasteiger partial charge in [-0.15, -0.1) is 0 Å². The number of hydrogen-bond acceptors (Lipinski definition) is 4. The predicted octanol–water partition coefficient (Wildman–Crippen LogP) is 2.82. The number of rotatable bonds is 2. The number of nitrogens with two attached hydrogens (primary N) is 1.